The topological polar surface area (TPSA) is 83.6 Å². The molecule has 1 aliphatic carbocycles. The van der Waals surface area contributed by atoms with Gasteiger partial charge in [0.25, 0.3) is 0 Å². The molecular weight excluding hydrogens is 528 g/mol. The van der Waals surface area contributed by atoms with E-state index in [9.17, 15) is 16.8 Å². The summed E-state index contributed by atoms with van der Waals surface area (Å²) in [6, 6.07) is 17.4. The standard InChI is InChI=1S/C31H40N2O4S2/c1-22-18-24(3)29(25(4)19-22)38(34,35)32-16-10-11-17-33(31(14-15-31)28-12-8-7-9-13-28)39(36,37)30-26(5)20-23(2)21-27(30)6/h7-9,12-13,18-21,32H,10-11,14-17H2,1-6H3. The molecule has 1 fully saturated rings. The van der Waals surface area contributed by atoms with Gasteiger partial charge < -0.3 is 0 Å². The largest absolute Gasteiger partial charge is 0.244 e. The monoisotopic (exact) mass is 568 g/mol. The van der Waals surface area contributed by atoms with E-state index in [1.54, 1.807) is 4.31 Å². The highest BCUT2D eigenvalue weighted by Gasteiger charge is 2.54. The molecule has 0 heterocycles. The van der Waals surface area contributed by atoms with Crippen molar-refractivity contribution in [2.45, 2.75) is 82.6 Å². The predicted molar refractivity (Wildman–Crippen MR) is 157 cm³/mol. The van der Waals surface area contributed by atoms with E-state index in [4.69, 9.17) is 0 Å². The molecule has 1 saturated carbocycles. The Kier molecular flexibility index (Phi) is 8.43. The first kappa shape index (κ1) is 29.5. The van der Waals surface area contributed by atoms with Crippen LogP contribution >= 0.6 is 0 Å². The lowest BCUT2D eigenvalue weighted by Gasteiger charge is -2.33. The van der Waals surface area contributed by atoms with E-state index in [1.165, 1.54) is 0 Å². The third kappa shape index (κ3) is 5.99. The molecule has 0 saturated heterocycles. The fourth-order valence-corrected chi connectivity index (χ4v) is 9.84. The molecule has 39 heavy (non-hydrogen) atoms. The third-order valence-electron chi connectivity index (χ3n) is 7.62. The highest BCUT2D eigenvalue weighted by Crippen LogP contribution is 2.53. The number of unbranched alkanes of at least 4 members (excludes halogenated alkanes) is 1. The van der Waals surface area contributed by atoms with Gasteiger partial charge in [0.1, 0.15) is 0 Å². The lowest BCUT2D eigenvalue weighted by atomic mass is 10.0. The molecule has 0 radical (unpaired) electrons. The van der Waals surface area contributed by atoms with E-state index in [2.05, 4.69) is 4.72 Å². The van der Waals surface area contributed by atoms with Crippen LogP contribution in [0.5, 0.6) is 0 Å². The zero-order valence-electron chi connectivity index (χ0n) is 23.8. The van der Waals surface area contributed by atoms with Crippen LogP contribution in [0.15, 0.2) is 64.4 Å². The quantitative estimate of drug-likeness (QED) is 0.289. The lowest BCUT2D eigenvalue weighted by Crippen LogP contribution is -2.42. The number of sulfonamides is 2. The average molecular weight is 569 g/mol. The summed E-state index contributed by atoms with van der Waals surface area (Å²) in [5.74, 6) is 0. The minimum absolute atomic E-state index is 0.240. The van der Waals surface area contributed by atoms with Crippen LogP contribution in [0, 0.1) is 41.5 Å². The second-order valence-corrected chi connectivity index (χ2v) is 14.5. The molecule has 0 spiro atoms. The van der Waals surface area contributed by atoms with Crippen LogP contribution in [-0.2, 0) is 25.6 Å². The molecule has 0 aromatic heterocycles. The SMILES string of the molecule is Cc1cc(C)c(S(=O)(=O)NCCCCN(C2(c3ccccc3)CC2)S(=O)(=O)c2c(C)cc(C)cc2C)c(C)c1. The number of benzene rings is 3. The van der Waals surface area contributed by atoms with Crippen molar-refractivity contribution in [3.05, 3.63) is 93.5 Å². The van der Waals surface area contributed by atoms with Crippen molar-refractivity contribution in [1.29, 1.82) is 0 Å². The molecule has 0 unspecified atom stereocenters. The molecule has 8 heteroatoms. The summed E-state index contributed by atoms with van der Waals surface area (Å²) in [5.41, 5.74) is 5.43. The van der Waals surface area contributed by atoms with E-state index >= 15 is 0 Å². The van der Waals surface area contributed by atoms with Gasteiger partial charge >= 0.3 is 0 Å². The number of nitrogens with zero attached hydrogens (tertiary/aromatic N) is 1. The molecular formula is C31H40N2O4S2. The summed E-state index contributed by atoms with van der Waals surface area (Å²) in [5, 5.41) is 0. The van der Waals surface area contributed by atoms with Gasteiger partial charge in [0.05, 0.1) is 15.3 Å². The predicted octanol–water partition coefficient (Wildman–Crippen LogP) is 5.98. The van der Waals surface area contributed by atoms with Crippen molar-refractivity contribution in [1.82, 2.24) is 9.03 Å². The molecule has 1 aliphatic rings. The van der Waals surface area contributed by atoms with Crippen LogP contribution in [0.25, 0.3) is 0 Å². The number of rotatable bonds is 11. The first-order valence-corrected chi connectivity index (χ1v) is 16.5. The van der Waals surface area contributed by atoms with Crippen molar-refractivity contribution in [3.8, 4) is 0 Å². The van der Waals surface area contributed by atoms with Crippen LogP contribution in [0.3, 0.4) is 0 Å². The van der Waals surface area contributed by atoms with Gasteiger partial charge in [-0.3, -0.25) is 0 Å². The highest BCUT2D eigenvalue weighted by atomic mass is 32.2. The molecule has 3 aromatic carbocycles. The second kappa shape index (κ2) is 11.2. The minimum Gasteiger partial charge on any atom is -0.211 e. The van der Waals surface area contributed by atoms with Gasteiger partial charge in [-0.25, -0.2) is 21.6 Å². The minimum atomic E-state index is -3.80. The molecule has 0 aliphatic heterocycles. The molecule has 210 valence electrons. The van der Waals surface area contributed by atoms with Gasteiger partial charge in [0.15, 0.2) is 0 Å². The van der Waals surface area contributed by atoms with Crippen LogP contribution < -0.4 is 4.72 Å². The smallest absolute Gasteiger partial charge is 0.211 e. The van der Waals surface area contributed by atoms with Gasteiger partial charge in [-0.2, -0.15) is 4.31 Å². The Balaban J connectivity index is 1.55. The number of aryl methyl sites for hydroxylation is 6. The maximum absolute atomic E-state index is 14.3. The molecule has 0 amide bonds. The Morgan fingerprint density at radius 1 is 0.718 bits per heavy atom. The lowest BCUT2D eigenvalue weighted by molar-refractivity contribution is 0.297. The van der Waals surface area contributed by atoms with Crippen molar-refractivity contribution in [3.63, 3.8) is 0 Å². The maximum atomic E-state index is 14.3. The summed E-state index contributed by atoms with van der Waals surface area (Å²) in [6.07, 6.45) is 2.58. The van der Waals surface area contributed by atoms with Crippen molar-refractivity contribution >= 4 is 20.0 Å². The molecule has 3 aromatic rings. The molecule has 0 atom stereocenters. The Bertz CT molecular complexity index is 1530. The summed E-state index contributed by atoms with van der Waals surface area (Å²) in [7, 11) is -7.47. The average Bonchev–Trinajstić information content (AvgIpc) is 3.61. The zero-order chi connectivity index (χ0) is 28.6. The van der Waals surface area contributed by atoms with E-state index in [0.717, 1.165) is 51.8 Å². The van der Waals surface area contributed by atoms with Crippen LogP contribution in [-0.4, -0.2) is 34.2 Å². The summed E-state index contributed by atoms with van der Waals surface area (Å²) in [4.78, 5) is 0.699. The van der Waals surface area contributed by atoms with Crippen molar-refractivity contribution in [2.24, 2.45) is 0 Å². The van der Waals surface area contributed by atoms with E-state index in [-0.39, 0.29) is 6.54 Å². The van der Waals surface area contributed by atoms with Gasteiger partial charge in [-0.1, -0.05) is 65.7 Å². The third-order valence-corrected chi connectivity index (χ3v) is 11.7. The van der Waals surface area contributed by atoms with Crippen LogP contribution in [0.4, 0.5) is 0 Å². The fraction of sp³-hybridized carbons (Fsp3) is 0.419. The molecule has 6 nitrogen and oxygen atoms in total. The van der Waals surface area contributed by atoms with E-state index in [0.29, 0.717) is 29.2 Å². The number of nitrogens with one attached hydrogen (secondary N) is 1. The fourth-order valence-electron chi connectivity index (χ4n) is 6.05. The Morgan fingerprint density at radius 2 is 1.21 bits per heavy atom. The summed E-state index contributed by atoms with van der Waals surface area (Å²) < 4.78 is 59.1. The molecule has 1 N–H and O–H groups in total. The van der Waals surface area contributed by atoms with Gasteiger partial charge in [0.2, 0.25) is 20.0 Å². The van der Waals surface area contributed by atoms with Gasteiger partial charge in [-0.05, 0) is 95.0 Å². The zero-order valence-corrected chi connectivity index (χ0v) is 25.5. The van der Waals surface area contributed by atoms with Crippen molar-refractivity contribution < 1.29 is 16.8 Å². The Labute approximate surface area is 234 Å². The number of hydrogen-bond acceptors (Lipinski definition) is 4. The molecule has 4 rings (SSSR count). The first-order chi connectivity index (χ1) is 18.3. The second-order valence-electron chi connectivity index (χ2n) is 11.0. The molecule has 0 bridgehead atoms. The normalized spacial score (nSPS) is 15.1. The van der Waals surface area contributed by atoms with Crippen LogP contribution in [0.1, 0.15) is 64.6 Å². The van der Waals surface area contributed by atoms with E-state index in [1.807, 2.05) is 96.1 Å². The van der Waals surface area contributed by atoms with Crippen molar-refractivity contribution in [2.75, 3.05) is 13.1 Å². The maximum Gasteiger partial charge on any atom is 0.244 e. The summed E-state index contributed by atoms with van der Waals surface area (Å²) >= 11 is 0. The Morgan fingerprint density at radius 3 is 1.69 bits per heavy atom. The van der Waals surface area contributed by atoms with Crippen LogP contribution in [0.2, 0.25) is 0 Å². The first-order valence-electron chi connectivity index (χ1n) is 13.5. The van der Waals surface area contributed by atoms with E-state index < -0.39 is 25.6 Å². The summed E-state index contributed by atoms with van der Waals surface area (Å²) in [6.45, 7) is 11.8. The van der Waals surface area contributed by atoms with Gasteiger partial charge in [-0.15, -0.1) is 0 Å². The number of hydrogen-bond donors (Lipinski definition) is 1. The van der Waals surface area contributed by atoms with Gasteiger partial charge in [0, 0.05) is 13.1 Å². The highest BCUT2D eigenvalue weighted by molar-refractivity contribution is 7.89. The Hall–Kier alpha value is -2.52.